The van der Waals surface area contributed by atoms with Gasteiger partial charge in [0.15, 0.2) is 5.65 Å². The molecule has 0 N–H and O–H groups in total. The van der Waals surface area contributed by atoms with Crippen LogP contribution in [0.4, 0.5) is 0 Å². The molecule has 5 heteroatoms. The quantitative estimate of drug-likeness (QED) is 0.703. The van der Waals surface area contributed by atoms with Crippen molar-refractivity contribution in [1.82, 2.24) is 14.3 Å². The molecular weight excluding hydrogens is 354 g/mol. The molecule has 1 amide bonds. The summed E-state index contributed by atoms with van der Waals surface area (Å²) in [5.41, 5.74) is 3.56. The zero-order chi connectivity index (χ0) is 17.0. The maximum Gasteiger partial charge on any atom is 0.272 e. The van der Waals surface area contributed by atoms with Gasteiger partial charge in [-0.05, 0) is 54.2 Å². The number of halogens is 1. The van der Waals surface area contributed by atoms with Crippen molar-refractivity contribution in [2.45, 2.75) is 53.4 Å². The van der Waals surface area contributed by atoms with Crippen LogP contribution < -0.4 is 0 Å². The molecule has 0 saturated carbocycles. The molecule has 0 radical (unpaired) electrons. The maximum atomic E-state index is 13.1. The fourth-order valence-electron chi connectivity index (χ4n) is 2.82. The summed E-state index contributed by atoms with van der Waals surface area (Å²) < 4.78 is 2.90. The number of unbranched alkanes of at least 4 members (excludes halogenated alkanes) is 1. The van der Waals surface area contributed by atoms with Crippen molar-refractivity contribution < 1.29 is 4.79 Å². The number of imidazole rings is 1. The molecule has 2 heterocycles. The van der Waals surface area contributed by atoms with E-state index in [1.165, 1.54) is 0 Å². The monoisotopic (exact) mass is 379 g/mol. The standard InChI is InChI=1S/C18H26BrN3O/c1-5-8-10-21(7-3)18(23)16-15(9-6-2)20-17-14(19)11-13(4)12-22(16)17/h11-12H,5-10H2,1-4H3. The van der Waals surface area contributed by atoms with E-state index in [1.54, 1.807) is 0 Å². The molecule has 2 aromatic rings. The normalized spacial score (nSPS) is 11.2. The summed E-state index contributed by atoms with van der Waals surface area (Å²) in [5, 5.41) is 0. The number of carbonyl (C=O) groups excluding carboxylic acids is 1. The second kappa shape index (κ2) is 7.95. The molecule has 0 bridgehead atoms. The highest BCUT2D eigenvalue weighted by Crippen LogP contribution is 2.24. The Hall–Kier alpha value is -1.36. The number of hydrogen-bond acceptors (Lipinski definition) is 2. The largest absolute Gasteiger partial charge is 0.338 e. The van der Waals surface area contributed by atoms with Crippen molar-refractivity contribution in [1.29, 1.82) is 0 Å². The summed E-state index contributed by atoms with van der Waals surface area (Å²) in [4.78, 5) is 19.8. The number of rotatable bonds is 7. The number of aryl methyl sites for hydroxylation is 2. The average Bonchev–Trinajstić information content (AvgIpc) is 2.86. The fourth-order valence-corrected chi connectivity index (χ4v) is 3.46. The number of amides is 1. The van der Waals surface area contributed by atoms with Gasteiger partial charge < -0.3 is 4.90 Å². The molecule has 2 aromatic heterocycles. The topological polar surface area (TPSA) is 37.6 Å². The molecule has 4 nitrogen and oxygen atoms in total. The van der Waals surface area contributed by atoms with Gasteiger partial charge in [-0.1, -0.05) is 26.7 Å². The smallest absolute Gasteiger partial charge is 0.272 e. The second-order valence-corrected chi connectivity index (χ2v) is 6.81. The lowest BCUT2D eigenvalue weighted by Crippen LogP contribution is -2.33. The summed E-state index contributed by atoms with van der Waals surface area (Å²) in [7, 11) is 0. The summed E-state index contributed by atoms with van der Waals surface area (Å²) in [6.07, 6.45) is 5.92. The Morgan fingerprint density at radius 1 is 1.30 bits per heavy atom. The van der Waals surface area contributed by atoms with Gasteiger partial charge in [0, 0.05) is 19.3 Å². The molecule has 0 spiro atoms. The highest BCUT2D eigenvalue weighted by atomic mass is 79.9. The zero-order valence-electron chi connectivity index (χ0n) is 14.5. The average molecular weight is 380 g/mol. The molecule has 23 heavy (non-hydrogen) atoms. The van der Waals surface area contributed by atoms with Gasteiger partial charge in [0.25, 0.3) is 5.91 Å². The first-order valence-corrected chi connectivity index (χ1v) is 9.29. The van der Waals surface area contributed by atoms with Crippen LogP contribution in [0.3, 0.4) is 0 Å². The fraction of sp³-hybridized carbons (Fsp3) is 0.556. The van der Waals surface area contributed by atoms with E-state index in [0.29, 0.717) is 0 Å². The molecule has 0 saturated heterocycles. The lowest BCUT2D eigenvalue weighted by molar-refractivity contribution is 0.0754. The van der Waals surface area contributed by atoms with Crippen LogP contribution in [-0.4, -0.2) is 33.3 Å². The Kier molecular flexibility index (Phi) is 6.22. The first kappa shape index (κ1) is 18.0. The van der Waals surface area contributed by atoms with Crippen LogP contribution in [0.5, 0.6) is 0 Å². The maximum absolute atomic E-state index is 13.1. The summed E-state index contributed by atoms with van der Waals surface area (Å²) in [6.45, 7) is 9.87. The molecule has 0 unspecified atom stereocenters. The van der Waals surface area contributed by atoms with E-state index >= 15 is 0 Å². The number of fused-ring (bicyclic) bond motifs is 1. The third kappa shape index (κ3) is 3.77. The van der Waals surface area contributed by atoms with Crippen molar-refractivity contribution in [3.8, 4) is 0 Å². The molecule has 0 aliphatic heterocycles. The lowest BCUT2D eigenvalue weighted by atomic mass is 10.2. The van der Waals surface area contributed by atoms with Crippen molar-refractivity contribution in [2.24, 2.45) is 0 Å². The van der Waals surface area contributed by atoms with Gasteiger partial charge in [0.1, 0.15) is 5.69 Å². The number of carbonyl (C=O) groups is 1. The minimum atomic E-state index is 0.0920. The van der Waals surface area contributed by atoms with Gasteiger partial charge in [-0.25, -0.2) is 4.98 Å². The molecule has 0 atom stereocenters. The van der Waals surface area contributed by atoms with Crippen LogP contribution in [0.25, 0.3) is 5.65 Å². The summed E-state index contributed by atoms with van der Waals surface area (Å²) >= 11 is 3.58. The molecule has 126 valence electrons. The van der Waals surface area contributed by atoms with Gasteiger partial charge in [-0.15, -0.1) is 0 Å². The molecular formula is C18H26BrN3O. The Labute approximate surface area is 147 Å². The first-order valence-electron chi connectivity index (χ1n) is 8.49. The minimum absolute atomic E-state index is 0.0920. The third-order valence-electron chi connectivity index (χ3n) is 4.02. The van der Waals surface area contributed by atoms with Gasteiger partial charge in [-0.2, -0.15) is 0 Å². The van der Waals surface area contributed by atoms with E-state index in [2.05, 4.69) is 29.8 Å². The van der Waals surface area contributed by atoms with Crippen molar-refractivity contribution in [3.63, 3.8) is 0 Å². The Morgan fingerprint density at radius 2 is 2.04 bits per heavy atom. The van der Waals surface area contributed by atoms with Gasteiger partial charge in [-0.3, -0.25) is 9.20 Å². The predicted molar refractivity (Wildman–Crippen MR) is 98.1 cm³/mol. The number of pyridine rings is 1. The van der Waals surface area contributed by atoms with Crippen molar-refractivity contribution >= 4 is 27.5 Å². The van der Waals surface area contributed by atoms with Crippen LogP contribution in [0.1, 0.15) is 61.8 Å². The SMILES string of the molecule is CCCCN(CC)C(=O)c1c(CCC)nc2c(Br)cc(C)cn12. The summed E-state index contributed by atoms with van der Waals surface area (Å²) in [5.74, 6) is 0.0920. The Balaban J connectivity index is 2.55. The molecule has 0 aliphatic carbocycles. The zero-order valence-corrected chi connectivity index (χ0v) is 16.1. The molecule has 0 fully saturated rings. The van der Waals surface area contributed by atoms with E-state index in [9.17, 15) is 4.79 Å². The van der Waals surface area contributed by atoms with Crippen LogP contribution in [0.15, 0.2) is 16.7 Å². The van der Waals surface area contributed by atoms with Crippen molar-refractivity contribution in [2.75, 3.05) is 13.1 Å². The van der Waals surface area contributed by atoms with Crippen molar-refractivity contribution in [3.05, 3.63) is 33.7 Å². The van der Waals surface area contributed by atoms with Crippen LogP contribution >= 0.6 is 15.9 Å². The Bertz CT molecular complexity index is 693. The van der Waals surface area contributed by atoms with Gasteiger partial charge in [0.05, 0.1) is 10.2 Å². The van der Waals surface area contributed by atoms with Crippen LogP contribution in [-0.2, 0) is 6.42 Å². The first-order chi connectivity index (χ1) is 11.0. The minimum Gasteiger partial charge on any atom is -0.338 e. The highest BCUT2D eigenvalue weighted by molar-refractivity contribution is 9.10. The van der Waals surface area contributed by atoms with E-state index < -0.39 is 0 Å². The Morgan fingerprint density at radius 3 is 2.65 bits per heavy atom. The molecule has 2 rings (SSSR count). The lowest BCUT2D eigenvalue weighted by Gasteiger charge is -2.21. The van der Waals surface area contributed by atoms with E-state index in [1.807, 2.05) is 35.4 Å². The molecule has 0 aliphatic rings. The number of nitrogens with zero attached hydrogens (tertiary/aromatic N) is 3. The second-order valence-electron chi connectivity index (χ2n) is 5.95. The number of hydrogen-bond donors (Lipinski definition) is 0. The van der Waals surface area contributed by atoms with E-state index in [-0.39, 0.29) is 5.91 Å². The van der Waals surface area contributed by atoms with Crippen LogP contribution in [0.2, 0.25) is 0 Å². The van der Waals surface area contributed by atoms with Gasteiger partial charge >= 0.3 is 0 Å². The van der Waals surface area contributed by atoms with Gasteiger partial charge in [0.2, 0.25) is 0 Å². The summed E-state index contributed by atoms with van der Waals surface area (Å²) in [6, 6.07) is 2.04. The molecule has 0 aromatic carbocycles. The van der Waals surface area contributed by atoms with Crippen LogP contribution in [0, 0.1) is 6.92 Å². The van der Waals surface area contributed by atoms with E-state index in [0.717, 1.165) is 65.8 Å². The predicted octanol–water partition coefficient (Wildman–Crippen LogP) is 4.62. The third-order valence-corrected chi connectivity index (χ3v) is 4.61. The number of aromatic nitrogens is 2. The van der Waals surface area contributed by atoms with E-state index in [4.69, 9.17) is 4.98 Å². The highest BCUT2D eigenvalue weighted by Gasteiger charge is 2.24.